The van der Waals surface area contributed by atoms with Crippen molar-refractivity contribution in [2.24, 2.45) is 0 Å². The normalized spacial score (nSPS) is 18.6. The number of rotatable bonds is 3. The Hall–Kier alpha value is -1.77. The average Bonchev–Trinajstić information content (AvgIpc) is 3.07. The second-order valence-corrected chi connectivity index (χ2v) is 17.2. The molecule has 0 N–H and O–H groups in total. The van der Waals surface area contributed by atoms with E-state index >= 15 is 0 Å². The van der Waals surface area contributed by atoms with E-state index in [9.17, 15) is 4.79 Å². The van der Waals surface area contributed by atoms with E-state index in [0.29, 0.717) is 11.1 Å². The molecule has 0 amide bonds. The van der Waals surface area contributed by atoms with Gasteiger partial charge in [0.2, 0.25) is 0 Å². The van der Waals surface area contributed by atoms with E-state index in [1.165, 1.54) is 0 Å². The van der Waals surface area contributed by atoms with Crippen LogP contribution in [-0.2, 0) is 14.0 Å². The van der Waals surface area contributed by atoms with Crippen molar-refractivity contribution in [2.45, 2.75) is 104 Å². The Bertz CT molecular complexity index is 1040. The highest BCUT2D eigenvalue weighted by Crippen LogP contribution is 2.40. The molecular weight excluding hydrogens is 433 g/mol. The molecule has 0 bridgehead atoms. The topological polar surface area (TPSA) is 58.9 Å². The number of aromatic nitrogens is 1. The Labute approximate surface area is 200 Å². The Balaban J connectivity index is 2.19. The molecule has 33 heavy (non-hydrogen) atoms. The van der Waals surface area contributed by atoms with Crippen LogP contribution < -0.4 is 10.0 Å². The summed E-state index contributed by atoms with van der Waals surface area (Å²) >= 11 is 0. The lowest BCUT2D eigenvalue weighted by Gasteiger charge is -2.36. The molecule has 0 aliphatic carbocycles. The molecule has 1 fully saturated rings. The molecule has 182 valence electrons. The fraction of sp³-hybridized carbons (Fsp3) is 0.640. The molecule has 8 heteroatoms. The van der Waals surface area contributed by atoms with Gasteiger partial charge in [0.1, 0.15) is 11.4 Å². The Morgan fingerprint density at radius 3 is 2.03 bits per heavy atom. The second-order valence-electron chi connectivity index (χ2n) is 12.5. The molecule has 1 aliphatic rings. The van der Waals surface area contributed by atoms with Gasteiger partial charge in [0.15, 0.2) is 0 Å². The molecule has 1 saturated heterocycles. The zero-order chi connectivity index (χ0) is 25.2. The summed E-state index contributed by atoms with van der Waals surface area (Å²) in [5, 5.41) is 0.884. The van der Waals surface area contributed by atoms with E-state index < -0.39 is 38.3 Å². The number of fused-ring (bicyclic) bond motifs is 1. The van der Waals surface area contributed by atoms with Crippen molar-refractivity contribution in [1.82, 2.24) is 4.57 Å². The number of hydrogen-bond acceptors (Lipinski definition) is 5. The highest BCUT2D eigenvalue weighted by atomic mass is 28.4. The molecule has 6 nitrogen and oxygen atoms in total. The lowest BCUT2D eigenvalue weighted by atomic mass is 9.84. The van der Waals surface area contributed by atoms with Gasteiger partial charge in [-0.15, -0.1) is 0 Å². The number of benzene rings is 1. The van der Waals surface area contributed by atoms with Gasteiger partial charge in [-0.25, -0.2) is 4.79 Å². The summed E-state index contributed by atoms with van der Waals surface area (Å²) in [6, 6.07) is 7.74. The molecule has 2 aromatic rings. The zero-order valence-corrected chi connectivity index (χ0v) is 23.4. The van der Waals surface area contributed by atoms with E-state index in [-0.39, 0.29) is 5.04 Å². The predicted molar refractivity (Wildman–Crippen MR) is 137 cm³/mol. The van der Waals surface area contributed by atoms with Crippen molar-refractivity contribution in [3.63, 3.8) is 0 Å². The minimum absolute atomic E-state index is 0.0391. The van der Waals surface area contributed by atoms with Crippen LogP contribution >= 0.6 is 0 Å². The van der Waals surface area contributed by atoms with Crippen molar-refractivity contribution in [3.05, 3.63) is 24.3 Å². The molecular formula is C25H40BNO5Si. The third kappa shape index (κ3) is 4.89. The van der Waals surface area contributed by atoms with Crippen LogP contribution in [0.4, 0.5) is 4.79 Å². The summed E-state index contributed by atoms with van der Waals surface area (Å²) in [5.74, 6) is 0.763. The Morgan fingerprint density at radius 2 is 1.55 bits per heavy atom. The van der Waals surface area contributed by atoms with E-state index in [0.717, 1.165) is 11.1 Å². The maximum atomic E-state index is 13.4. The molecule has 0 radical (unpaired) electrons. The van der Waals surface area contributed by atoms with E-state index in [2.05, 4.69) is 33.9 Å². The lowest BCUT2D eigenvalue weighted by Crippen LogP contribution is -2.43. The Morgan fingerprint density at radius 1 is 1.00 bits per heavy atom. The van der Waals surface area contributed by atoms with Crippen LogP contribution in [0.3, 0.4) is 0 Å². The number of hydrogen-bond donors (Lipinski definition) is 0. The summed E-state index contributed by atoms with van der Waals surface area (Å²) in [4.78, 5) is 13.4. The minimum Gasteiger partial charge on any atom is -0.543 e. The molecule has 2 heterocycles. The smallest absolute Gasteiger partial charge is 0.513 e. The summed E-state index contributed by atoms with van der Waals surface area (Å²) in [6.07, 6.45) is -0.466. The fourth-order valence-electron chi connectivity index (χ4n) is 3.39. The van der Waals surface area contributed by atoms with Gasteiger partial charge in [0, 0.05) is 5.39 Å². The van der Waals surface area contributed by atoms with Crippen LogP contribution in [0, 0.1) is 0 Å². The molecule has 1 aliphatic heterocycles. The monoisotopic (exact) mass is 473 g/mol. The van der Waals surface area contributed by atoms with Crippen LogP contribution in [-0.4, -0.2) is 42.9 Å². The summed E-state index contributed by atoms with van der Waals surface area (Å²) in [5.41, 5.74) is -0.397. The molecule has 0 atom stereocenters. The molecule has 1 aromatic heterocycles. The highest BCUT2D eigenvalue weighted by Gasteiger charge is 2.53. The third-order valence-electron chi connectivity index (χ3n) is 7.08. The maximum Gasteiger partial charge on any atom is 0.513 e. The summed E-state index contributed by atoms with van der Waals surface area (Å²) < 4.78 is 26.6. The fourth-order valence-corrected chi connectivity index (χ4v) is 4.42. The van der Waals surface area contributed by atoms with Crippen molar-refractivity contribution < 1.29 is 23.3 Å². The first-order valence-electron chi connectivity index (χ1n) is 11.7. The molecule has 3 rings (SSSR count). The molecule has 0 saturated carbocycles. The van der Waals surface area contributed by atoms with Crippen molar-refractivity contribution in [3.8, 4) is 5.75 Å². The average molecular weight is 473 g/mol. The zero-order valence-electron chi connectivity index (χ0n) is 22.4. The first-order valence-corrected chi connectivity index (χ1v) is 14.6. The number of ether oxygens (including phenoxy) is 1. The highest BCUT2D eigenvalue weighted by molar-refractivity contribution is 6.74. The summed E-state index contributed by atoms with van der Waals surface area (Å²) in [6.45, 7) is 24.6. The van der Waals surface area contributed by atoms with E-state index in [1.54, 1.807) is 4.57 Å². The quantitative estimate of drug-likeness (QED) is 0.504. The minimum atomic E-state index is -2.10. The first kappa shape index (κ1) is 25.8. The largest absolute Gasteiger partial charge is 0.543 e. The number of nitrogens with zero attached hydrogens (tertiary/aromatic N) is 1. The molecule has 1 aromatic carbocycles. The van der Waals surface area contributed by atoms with Crippen LogP contribution in [0.2, 0.25) is 18.1 Å². The van der Waals surface area contributed by atoms with Gasteiger partial charge in [-0.05, 0) is 84.8 Å². The van der Waals surface area contributed by atoms with Crippen molar-refractivity contribution >= 4 is 38.0 Å². The van der Waals surface area contributed by atoms with Crippen LogP contribution in [0.25, 0.3) is 10.9 Å². The number of carbonyl (C=O) groups is 1. The summed E-state index contributed by atoms with van der Waals surface area (Å²) in [7, 11) is -2.81. The van der Waals surface area contributed by atoms with Crippen LogP contribution in [0.1, 0.15) is 69.2 Å². The number of carbonyl (C=O) groups excluding carboxylic acids is 1. The molecule has 0 spiro atoms. The maximum absolute atomic E-state index is 13.4. The SMILES string of the molecule is CC(C)(C)OC(=O)n1c(B2OC(C)(C)C(C)(C)O2)cc2c(O[Si](C)(C)C(C)(C)C)cccc21. The first-order chi connectivity index (χ1) is 14.8. The van der Waals surface area contributed by atoms with Gasteiger partial charge in [-0.3, -0.25) is 4.57 Å². The molecule has 0 unspecified atom stereocenters. The van der Waals surface area contributed by atoms with Gasteiger partial charge < -0.3 is 18.5 Å². The van der Waals surface area contributed by atoms with Gasteiger partial charge in [-0.2, -0.15) is 0 Å². The van der Waals surface area contributed by atoms with Gasteiger partial charge in [-0.1, -0.05) is 26.8 Å². The van der Waals surface area contributed by atoms with Gasteiger partial charge in [0.05, 0.1) is 22.3 Å². The third-order valence-corrected chi connectivity index (χ3v) is 11.4. The van der Waals surface area contributed by atoms with Crippen molar-refractivity contribution in [2.75, 3.05) is 0 Å². The standard InChI is InChI=1S/C25H40BNO5Si/c1-22(2,3)29-21(28)27-18-14-13-15-19(30-33(11,12)23(4,5)6)17(18)16-20(27)26-31-24(7,8)25(9,10)32-26/h13-16H,1-12H3. The van der Waals surface area contributed by atoms with E-state index in [4.69, 9.17) is 18.5 Å². The predicted octanol–water partition coefficient (Wildman–Crippen LogP) is 6.11. The second kappa shape index (κ2) is 7.89. The van der Waals surface area contributed by atoms with Crippen LogP contribution in [0.15, 0.2) is 24.3 Å². The van der Waals surface area contributed by atoms with Crippen LogP contribution in [0.5, 0.6) is 5.75 Å². The van der Waals surface area contributed by atoms with Gasteiger partial charge >= 0.3 is 13.2 Å². The van der Waals surface area contributed by atoms with Crippen molar-refractivity contribution in [1.29, 1.82) is 0 Å². The van der Waals surface area contributed by atoms with E-state index in [1.807, 2.05) is 72.7 Å². The lowest BCUT2D eigenvalue weighted by molar-refractivity contribution is 0.00578. The van der Waals surface area contributed by atoms with Gasteiger partial charge in [0.25, 0.3) is 8.32 Å². The Kier molecular flexibility index (Phi) is 6.18.